The number of anilines is 1. The van der Waals surface area contributed by atoms with Crippen LogP contribution in [0, 0.1) is 0 Å². The number of ether oxygens (including phenoxy) is 1. The molecule has 1 heterocycles. The van der Waals surface area contributed by atoms with Crippen LogP contribution in [0.25, 0.3) is 0 Å². The summed E-state index contributed by atoms with van der Waals surface area (Å²) in [5.74, 6) is -1.13. The van der Waals surface area contributed by atoms with E-state index >= 15 is 0 Å². The first kappa shape index (κ1) is 23.1. The van der Waals surface area contributed by atoms with Gasteiger partial charge in [0.25, 0.3) is 0 Å². The van der Waals surface area contributed by atoms with E-state index in [2.05, 4.69) is 16.0 Å². The molecule has 3 N–H and O–H groups in total. The molecule has 0 spiro atoms. The molecule has 0 radical (unpaired) electrons. The number of para-hydroxylation sites is 1. The molecule has 9 heteroatoms. The van der Waals surface area contributed by atoms with Gasteiger partial charge in [0.1, 0.15) is 0 Å². The number of Topliss-reactive ketones (excluding diaryl/α,β-unsaturated/α-hetero) is 1. The van der Waals surface area contributed by atoms with Crippen LogP contribution < -0.4 is 16.0 Å². The highest BCUT2D eigenvalue weighted by molar-refractivity contribution is 7.14. The molecule has 0 unspecified atom stereocenters. The Hall–Kier alpha value is -3.20. The Morgan fingerprint density at radius 2 is 1.80 bits per heavy atom. The molecular weight excluding hydrogens is 406 g/mol. The SMILES string of the molecule is CC(=O)NCCc1ccc(C(=O)COC(=O)c2ccccc2NC(=O)NC(C)C)s1. The predicted molar refractivity (Wildman–Crippen MR) is 115 cm³/mol. The van der Waals surface area contributed by atoms with E-state index in [1.165, 1.54) is 24.3 Å². The van der Waals surface area contributed by atoms with Gasteiger partial charge in [-0.25, -0.2) is 9.59 Å². The van der Waals surface area contributed by atoms with Crippen LogP contribution >= 0.6 is 11.3 Å². The average Bonchev–Trinajstić information content (AvgIpc) is 3.14. The van der Waals surface area contributed by atoms with Gasteiger partial charge in [-0.05, 0) is 44.5 Å². The van der Waals surface area contributed by atoms with Gasteiger partial charge >= 0.3 is 12.0 Å². The minimum absolute atomic E-state index is 0.0596. The highest BCUT2D eigenvalue weighted by Crippen LogP contribution is 2.19. The van der Waals surface area contributed by atoms with Crippen LogP contribution in [-0.4, -0.2) is 42.9 Å². The summed E-state index contributed by atoms with van der Waals surface area (Å²) >= 11 is 1.30. The topological polar surface area (TPSA) is 114 Å². The van der Waals surface area contributed by atoms with Crippen LogP contribution in [0.5, 0.6) is 0 Å². The van der Waals surface area contributed by atoms with E-state index in [0.29, 0.717) is 23.5 Å². The Balaban J connectivity index is 1.93. The Labute approximate surface area is 179 Å². The molecule has 0 bridgehead atoms. The number of carbonyl (C=O) groups is 4. The lowest BCUT2D eigenvalue weighted by Gasteiger charge is -2.13. The second-order valence-corrected chi connectivity index (χ2v) is 7.97. The maximum atomic E-state index is 12.4. The quantitative estimate of drug-likeness (QED) is 0.417. The Morgan fingerprint density at radius 1 is 1.07 bits per heavy atom. The average molecular weight is 432 g/mol. The van der Waals surface area contributed by atoms with Crippen LogP contribution in [0.15, 0.2) is 36.4 Å². The van der Waals surface area contributed by atoms with Crippen LogP contribution in [0.4, 0.5) is 10.5 Å². The number of hydrogen-bond donors (Lipinski definition) is 3. The molecule has 0 saturated carbocycles. The van der Waals surface area contributed by atoms with Crippen LogP contribution in [0.3, 0.4) is 0 Å². The number of thiophene rings is 1. The summed E-state index contributed by atoms with van der Waals surface area (Å²) in [6.45, 7) is 5.17. The van der Waals surface area contributed by atoms with Crippen LogP contribution in [-0.2, 0) is 16.0 Å². The molecule has 8 nitrogen and oxygen atoms in total. The highest BCUT2D eigenvalue weighted by Gasteiger charge is 2.17. The Morgan fingerprint density at radius 3 is 2.50 bits per heavy atom. The number of ketones is 1. The number of nitrogens with one attached hydrogen (secondary N) is 3. The molecule has 2 aromatic rings. The zero-order valence-corrected chi connectivity index (χ0v) is 17.9. The number of amides is 3. The van der Waals surface area contributed by atoms with Gasteiger partial charge in [-0.1, -0.05) is 12.1 Å². The molecule has 160 valence electrons. The first-order valence-corrected chi connectivity index (χ1v) is 10.3. The number of benzene rings is 1. The summed E-state index contributed by atoms with van der Waals surface area (Å²) in [5.41, 5.74) is 0.455. The van der Waals surface area contributed by atoms with Crippen molar-refractivity contribution in [3.8, 4) is 0 Å². The highest BCUT2D eigenvalue weighted by atomic mass is 32.1. The number of carbonyl (C=O) groups excluding carboxylic acids is 4. The van der Waals surface area contributed by atoms with Crippen molar-refractivity contribution in [3.63, 3.8) is 0 Å². The van der Waals surface area contributed by atoms with Crippen molar-refractivity contribution in [2.45, 2.75) is 33.2 Å². The summed E-state index contributed by atoms with van der Waals surface area (Å²) in [5, 5.41) is 7.98. The van der Waals surface area contributed by atoms with Gasteiger partial charge in [-0.15, -0.1) is 11.3 Å². The summed E-state index contributed by atoms with van der Waals surface area (Å²) in [7, 11) is 0. The molecule has 0 saturated heterocycles. The lowest BCUT2D eigenvalue weighted by atomic mass is 10.2. The molecule has 30 heavy (non-hydrogen) atoms. The third-order valence-electron chi connectivity index (χ3n) is 3.83. The van der Waals surface area contributed by atoms with Crippen molar-refractivity contribution < 1.29 is 23.9 Å². The predicted octanol–water partition coefficient (Wildman–Crippen LogP) is 3.00. The Kier molecular flexibility index (Phi) is 8.54. The van der Waals surface area contributed by atoms with E-state index in [9.17, 15) is 19.2 Å². The maximum Gasteiger partial charge on any atom is 0.340 e. The third kappa shape index (κ3) is 7.32. The molecular formula is C21H25N3O5S. The van der Waals surface area contributed by atoms with Gasteiger partial charge < -0.3 is 20.7 Å². The van der Waals surface area contributed by atoms with Gasteiger partial charge in [0.2, 0.25) is 11.7 Å². The molecule has 0 atom stereocenters. The fourth-order valence-electron chi connectivity index (χ4n) is 2.49. The van der Waals surface area contributed by atoms with Crippen LogP contribution in [0.2, 0.25) is 0 Å². The van der Waals surface area contributed by atoms with Crippen molar-refractivity contribution in [1.29, 1.82) is 0 Å². The van der Waals surface area contributed by atoms with Gasteiger partial charge in [0, 0.05) is 24.4 Å². The van der Waals surface area contributed by atoms with Gasteiger partial charge in [-0.2, -0.15) is 0 Å². The molecule has 1 aromatic carbocycles. The monoisotopic (exact) mass is 431 g/mol. The van der Waals surface area contributed by atoms with Crippen molar-refractivity contribution in [2.24, 2.45) is 0 Å². The molecule has 0 aliphatic carbocycles. The zero-order valence-electron chi connectivity index (χ0n) is 17.1. The summed E-state index contributed by atoms with van der Waals surface area (Å²) in [6, 6.07) is 9.42. The number of esters is 1. The fourth-order valence-corrected chi connectivity index (χ4v) is 3.43. The van der Waals surface area contributed by atoms with Crippen molar-refractivity contribution >= 4 is 40.7 Å². The largest absolute Gasteiger partial charge is 0.454 e. The Bertz CT molecular complexity index is 923. The van der Waals surface area contributed by atoms with Crippen molar-refractivity contribution in [3.05, 3.63) is 51.7 Å². The summed E-state index contributed by atoms with van der Waals surface area (Å²) < 4.78 is 5.16. The zero-order chi connectivity index (χ0) is 22.1. The fraction of sp³-hybridized carbons (Fsp3) is 0.333. The first-order chi connectivity index (χ1) is 14.3. The standard InChI is InChI=1S/C21H25N3O5S/c1-13(2)23-21(28)24-17-7-5-4-6-16(17)20(27)29-12-18(26)19-9-8-15(30-19)10-11-22-14(3)25/h4-9,13H,10-12H2,1-3H3,(H,22,25)(H2,23,24,28). The third-order valence-corrected chi connectivity index (χ3v) is 5.02. The number of hydrogen-bond acceptors (Lipinski definition) is 6. The van der Waals surface area contributed by atoms with Crippen molar-refractivity contribution in [2.75, 3.05) is 18.5 Å². The van der Waals surface area contributed by atoms with E-state index < -0.39 is 18.6 Å². The first-order valence-electron chi connectivity index (χ1n) is 9.46. The number of urea groups is 1. The lowest BCUT2D eigenvalue weighted by molar-refractivity contribution is -0.118. The summed E-state index contributed by atoms with van der Waals surface area (Å²) in [4.78, 5) is 49.0. The van der Waals surface area contributed by atoms with Crippen LogP contribution in [0.1, 0.15) is 45.7 Å². The normalized spacial score (nSPS) is 10.4. The van der Waals surface area contributed by atoms with Crippen molar-refractivity contribution in [1.82, 2.24) is 10.6 Å². The van der Waals surface area contributed by atoms with E-state index in [4.69, 9.17) is 4.74 Å². The van der Waals surface area contributed by atoms with Gasteiger partial charge in [-0.3, -0.25) is 9.59 Å². The second kappa shape index (κ2) is 11.1. The van der Waals surface area contributed by atoms with Gasteiger partial charge in [0.05, 0.1) is 16.1 Å². The molecule has 3 amide bonds. The minimum atomic E-state index is -0.703. The van der Waals surface area contributed by atoms with Gasteiger partial charge in [0.15, 0.2) is 6.61 Å². The van der Waals surface area contributed by atoms with E-state index in [1.807, 2.05) is 19.9 Å². The van der Waals surface area contributed by atoms with E-state index in [1.54, 1.807) is 24.3 Å². The number of rotatable bonds is 9. The lowest BCUT2D eigenvalue weighted by Crippen LogP contribution is -2.34. The second-order valence-electron chi connectivity index (χ2n) is 6.80. The molecule has 2 rings (SSSR count). The molecule has 1 aromatic heterocycles. The molecule has 0 aliphatic rings. The summed E-state index contributed by atoms with van der Waals surface area (Å²) in [6.07, 6.45) is 0.620. The molecule has 0 fully saturated rings. The maximum absolute atomic E-state index is 12.4. The molecule has 0 aliphatic heterocycles. The minimum Gasteiger partial charge on any atom is -0.454 e. The smallest absolute Gasteiger partial charge is 0.340 e. The van der Waals surface area contributed by atoms with E-state index in [-0.39, 0.29) is 23.3 Å². The van der Waals surface area contributed by atoms with E-state index in [0.717, 1.165) is 4.88 Å².